The van der Waals surface area contributed by atoms with Crippen molar-refractivity contribution in [1.82, 2.24) is 9.97 Å². The molecule has 0 amide bonds. The smallest absolute Gasteiger partial charge is 0.175 e. The van der Waals surface area contributed by atoms with E-state index in [1.165, 1.54) is 11.8 Å². The van der Waals surface area contributed by atoms with Gasteiger partial charge in [-0.2, -0.15) is 0 Å². The number of ether oxygens (including phenoxy) is 1. The number of hydrogen-bond donors (Lipinski definition) is 1. The second-order valence-corrected chi connectivity index (χ2v) is 9.15. The zero-order chi connectivity index (χ0) is 21.0. The second-order valence-electron chi connectivity index (χ2n) is 7.14. The Kier molecular flexibility index (Phi) is 6.17. The minimum absolute atomic E-state index is 0.302. The molecule has 0 fully saturated rings. The van der Waals surface area contributed by atoms with Crippen LogP contribution in [0.4, 0.5) is 5.82 Å². The molecular weight excluding hydrogens is 386 g/mol. The van der Waals surface area contributed by atoms with Crippen molar-refractivity contribution in [2.24, 2.45) is 0 Å². The Labute approximate surface area is 171 Å². The fraction of sp³-hybridized carbons (Fsp3) is 0.273. The summed E-state index contributed by atoms with van der Waals surface area (Å²) < 4.78 is 28.8. The van der Waals surface area contributed by atoms with Crippen LogP contribution in [0.5, 0.6) is 5.75 Å². The number of anilines is 1. The van der Waals surface area contributed by atoms with Crippen LogP contribution in [0.1, 0.15) is 30.9 Å². The maximum Gasteiger partial charge on any atom is 0.175 e. The van der Waals surface area contributed by atoms with Crippen LogP contribution in [0.25, 0.3) is 11.3 Å². The summed E-state index contributed by atoms with van der Waals surface area (Å²) in [5.41, 5.74) is 3.71. The van der Waals surface area contributed by atoms with E-state index in [0.717, 1.165) is 16.9 Å². The van der Waals surface area contributed by atoms with Crippen LogP contribution >= 0.6 is 0 Å². The van der Waals surface area contributed by atoms with Crippen LogP contribution in [0.2, 0.25) is 0 Å². The van der Waals surface area contributed by atoms with Crippen LogP contribution in [-0.4, -0.2) is 31.8 Å². The summed E-state index contributed by atoms with van der Waals surface area (Å²) in [5, 5.41) is 3.31. The molecule has 2 aromatic carbocycles. The maximum absolute atomic E-state index is 11.6. The minimum Gasteiger partial charge on any atom is -0.496 e. The van der Waals surface area contributed by atoms with Gasteiger partial charge in [-0.3, -0.25) is 4.98 Å². The Hall–Kier alpha value is -2.93. The third-order valence-electron chi connectivity index (χ3n) is 4.66. The second kappa shape index (κ2) is 8.61. The Balaban J connectivity index is 1.89. The summed E-state index contributed by atoms with van der Waals surface area (Å²) in [4.78, 5) is 9.29. The molecule has 1 N–H and O–H groups in total. The van der Waals surface area contributed by atoms with Crippen molar-refractivity contribution in [3.63, 3.8) is 0 Å². The van der Waals surface area contributed by atoms with Gasteiger partial charge in [-0.05, 0) is 41.3 Å². The summed E-state index contributed by atoms with van der Waals surface area (Å²) in [6.45, 7) is 4.77. The van der Waals surface area contributed by atoms with Crippen molar-refractivity contribution in [3.05, 3.63) is 66.0 Å². The van der Waals surface area contributed by atoms with E-state index in [4.69, 9.17) is 4.74 Å². The number of nitrogens with one attached hydrogen (secondary N) is 1. The molecule has 152 valence electrons. The number of aromatic nitrogens is 2. The average molecular weight is 412 g/mol. The lowest BCUT2D eigenvalue weighted by Gasteiger charge is -2.15. The van der Waals surface area contributed by atoms with Crippen molar-refractivity contribution in [1.29, 1.82) is 0 Å². The summed E-state index contributed by atoms with van der Waals surface area (Å²) in [6, 6.07) is 12.9. The van der Waals surface area contributed by atoms with Gasteiger partial charge in [0.05, 0.1) is 12.0 Å². The first-order valence-corrected chi connectivity index (χ1v) is 11.2. The van der Waals surface area contributed by atoms with E-state index in [1.807, 2.05) is 6.07 Å². The maximum atomic E-state index is 11.6. The van der Waals surface area contributed by atoms with Gasteiger partial charge in [-0.1, -0.05) is 32.0 Å². The number of methoxy groups -OCH3 is 1. The summed E-state index contributed by atoms with van der Waals surface area (Å²) in [6.07, 6.45) is 4.49. The molecule has 0 aliphatic heterocycles. The molecule has 3 rings (SSSR count). The lowest BCUT2D eigenvalue weighted by atomic mass is 9.98. The molecule has 6 nitrogen and oxygen atoms in total. The van der Waals surface area contributed by atoms with E-state index >= 15 is 0 Å². The highest BCUT2D eigenvalue weighted by molar-refractivity contribution is 7.90. The standard InChI is InChI=1S/C22H25N3O3S/c1-15(2)17-7-10-20(28-3)19(13-17)21-22(24-12-11-23-21)25-14-16-5-8-18(9-6-16)29(4,26)27/h5-13,15H,14H2,1-4H3,(H,24,25). The molecule has 1 heterocycles. The highest BCUT2D eigenvalue weighted by Gasteiger charge is 2.15. The zero-order valence-electron chi connectivity index (χ0n) is 17.0. The Bertz CT molecular complexity index is 1090. The largest absolute Gasteiger partial charge is 0.496 e. The van der Waals surface area contributed by atoms with Crippen LogP contribution in [0, 0.1) is 0 Å². The van der Waals surface area contributed by atoms with E-state index < -0.39 is 9.84 Å². The Morgan fingerprint density at radius 3 is 2.34 bits per heavy atom. The Morgan fingerprint density at radius 1 is 1.03 bits per heavy atom. The van der Waals surface area contributed by atoms with Gasteiger partial charge >= 0.3 is 0 Å². The van der Waals surface area contributed by atoms with Crippen molar-refractivity contribution in [2.45, 2.75) is 31.2 Å². The molecule has 1 aromatic heterocycles. The number of sulfone groups is 1. The summed E-state index contributed by atoms with van der Waals surface area (Å²) in [7, 11) is -1.57. The molecule has 0 atom stereocenters. The van der Waals surface area contributed by atoms with Gasteiger partial charge < -0.3 is 10.1 Å². The summed E-state index contributed by atoms with van der Waals surface area (Å²) >= 11 is 0. The molecule has 0 spiro atoms. The van der Waals surface area contributed by atoms with Gasteiger partial charge in [-0.25, -0.2) is 13.4 Å². The number of benzene rings is 2. The van der Waals surface area contributed by atoms with Gasteiger partial charge in [-0.15, -0.1) is 0 Å². The van der Waals surface area contributed by atoms with E-state index in [0.29, 0.717) is 28.9 Å². The topological polar surface area (TPSA) is 81.2 Å². The van der Waals surface area contributed by atoms with Crippen molar-refractivity contribution in [3.8, 4) is 17.0 Å². The lowest BCUT2D eigenvalue weighted by Crippen LogP contribution is -2.05. The monoisotopic (exact) mass is 411 g/mol. The van der Waals surface area contributed by atoms with Crippen LogP contribution in [-0.2, 0) is 16.4 Å². The third-order valence-corrected chi connectivity index (χ3v) is 5.78. The normalized spacial score (nSPS) is 11.5. The molecule has 0 aliphatic rings. The Morgan fingerprint density at radius 2 is 1.72 bits per heavy atom. The van der Waals surface area contributed by atoms with Gasteiger partial charge in [0.25, 0.3) is 0 Å². The molecule has 0 saturated carbocycles. The van der Waals surface area contributed by atoms with Crippen molar-refractivity contribution in [2.75, 3.05) is 18.7 Å². The zero-order valence-corrected chi connectivity index (χ0v) is 17.8. The first-order valence-electron chi connectivity index (χ1n) is 9.31. The molecule has 7 heteroatoms. The van der Waals surface area contributed by atoms with Crippen LogP contribution < -0.4 is 10.1 Å². The fourth-order valence-corrected chi connectivity index (χ4v) is 3.61. The van der Waals surface area contributed by atoms with E-state index in [-0.39, 0.29) is 0 Å². The molecule has 0 saturated heterocycles. The first-order chi connectivity index (χ1) is 13.8. The third kappa shape index (κ3) is 4.92. The predicted molar refractivity (Wildman–Crippen MR) is 115 cm³/mol. The van der Waals surface area contributed by atoms with E-state index in [9.17, 15) is 8.42 Å². The van der Waals surface area contributed by atoms with Crippen molar-refractivity contribution < 1.29 is 13.2 Å². The first kappa shape index (κ1) is 20.8. The number of nitrogens with zero attached hydrogens (tertiary/aromatic N) is 2. The van der Waals surface area contributed by atoms with Gasteiger partial charge in [0.1, 0.15) is 11.4 Å². The number of hydrogen-bond acceptors (Lipinski definition) is 6. The van der Waals surface area contributed by atoms with Crippen LogP contribution in [0.15, 0.2) is 59.8 Å². The number of rotatable bonds is 7. The SMILES string of the molecule is COc1ccc(C(C)C)cc1-c1nccnc1NCc1ccc(S(C)(=O)=O)cc1. The molecule has 29 heavy (non-hydrogen) atoms. The molecule has 3 aromatic rings. The molecular formula is C22H25N3O3S. The van der Waals surface area contributed by atoms with E-state index in [2.05, 4.69) is 41.3 Å². The highest BCUT2D eigenvalue weighted by atomic mass is 32.2. The quantitative estimate of drug-likeness (QED) is 0.625. The average Bonchev–Trinajstić information content (AvgIpc) is 2.71. The van der Waals surface area contributed by atoms with Gasteiger partial charge in [0.2, 0.25) is 0 Å². The molecule has 0 aliphatic carbocycles. The highest BCUT2D eigenvalue weighted by Crippen LogP contribution is 2.35. The minimum atomic E-state index is -3.20. The molecule has 0 radical (unpaired) electrons. The van der Waals surface area contributed by atoms with E-state index in [1.54, 1.807) is 43.8 Å². The van der Waals surface area contributed by atoms with Crippen LogP contribution in [0.3, 0.4) is 0 Å². The van der Waals surface area contributed by atoms with Gasteiger partial charge in [0.15, 0.2) is 15.7 Å². The molecule has 0 bridgehead atoms. The molecule has 0 unspecified atom stereocenters. The van der Waals surface area contributed by atoms with Gasteiger partial charge in [0, 0.05) is 30.8 Å². The fourth-order valence-electron chi connectivity index (χ4n) is 2.97. The van der Waals surface area contributed by atoms with Crippen molar-refractivity contribution >= 4 is 15.7 Å². The lowest BCUT2D eigenvalue weighted by molar-refractivity contribution is 0.416. The predicted octanol–water partition coefficient (Wildman–Crippen LogP) is 4.29. The summed E-state index contributed by atoms with van der Waals surface area (Å²) in [5.74, 6) is 1.75.